The number of anilines is 2. The average molecular weight is 435 g/mol. The summed E-state index contributed by atoms with van der Waals surface area (Å²) in [5.41, 5.74) is 1.10. The van der Waals surface area contributed by atoms with Crippen molar-refractivity contribution in [2.24, 2.45) is 0 Å². The average Bonchev–Trinajstić information content (AvgIpc) is 3.04. The van der Waals surface area contributed by atoms with Crippen LogP contribution in [-0.2, 0) is 11.3 Å². The number of benzene rings is 2. The second-order valence-corrected chi connectivity index (χ2v) is 6.63. The van der Waals surface area contributed by atoms with E-state index in [1.165, 1.54) is 11.0 Å². The van der Waals surface area contributed by atoms with E-state index in [9.17, 15) is 9.59 Å². The van der Waals surface area contributed by atoms with Crippen LogP contribution in [0.4, 0.5) is 11.6 Å². The van der Waals surface area contributed by atoms with Crippen LogP contribution in [-0.4, -0.2) is 26.6 Å². The minimum atomic E-state index is -0.362. The van der Waals surface area contributed by atoms with Crippen molar-refractivity contribution in [3.8, 4) is 0 Å². The Hall–Kier alpha value is -2.71. The summed E-state index contributed by atoms with van der Waals surface area (Å²) >= 11 is 9.13. The van der Waals surface area contributed by atoms with Gasteiger partial charge >= 0.3 is 0 Å². The van der Waals surface area contributed by atoms with E-state index >= 15 is 0 Å². The van der Waals surface area contributed by atoms with Gasteiger partial charge in [0, 0.05) is 20.7 Å². The van der Waals surface area contributed by atoms with Crippen LogP contribution in [0, 0.1) is 0 Å². The van der Waals surface area contributed by atoms with Crippen molar-refractivity contribution in [2.75, 3.05) is 10.6 Å². The number of nitrogens with zero attached hydrogens (tertiary/aromatic N) is 3. The molecule has 0 bridgehead atoms. The SMILES string of the molecule is O=C(Cn1cnc(NC(=O)c2ccc(Cl)cc2)n1)Nc1ccc(Br)cc1. The maximum atomic E-state index is 12.1. The van der Waals surface area contributed by atoms with Crippen molar-refractivity contribution in [3.63, 3.8) is 0 Å². The van der Waals surface area contributed by atoms with E-state index in [-0.39, 0.29) is 24.3 Å². The Labute approximate surface area is 162 Å². The van der Waals surface area contributed by atoms with Gasteiger partial charge in [0.1, 0.15) is 12.9 Å². The quantitative estimate of drug-likeness (QED) is 0.642. The predicted molar refractivity (Wildman–Crippen MR) is 102 cm³/mol. The van der Waals surface area contributed by atoms with Crippen molar-refractivity contribution in [1.29, 1.82) is 0 Å². The molecule has 1 aromatic heterocycles. The lowest BCUT2D eigenvalue weighted by molar-refractivity contribution is -0.116. The number of hydrogen-bond acceptors (Lipinski definition) is 4. The monoisotopic (exact) mass is 433 g/mol. The first kappa shape index (κ1) is 18.1. The van der Waals surface area contributed by atoms with Crippen LogP contribution in [0.15, 0.2) is 59.3 Å². The fourth-order valence-corrected chi connectivity index (χ4v) is 2.47. The molecule has 26 heavy (non-hydrogen) atoms. The van der Waals surface area contributed by atoms with Gasteiger partial charge in [-0.15, -0.1) is 5.10 Å². The van der Waals surface area contributed by atoms with Crippen LogP contribution in [0.25, 0.3) is 0 Å². The van der Waals surface area contributed by atoms with E-state index in [1.54, 1.807) is 36.4 Å². The Balaban J connectivity index is 1.57. The highest BCUT2D eigenvalue weighted by Gasteiger charge is 2.11. The molecule has 132 valence electrons. The Morgan fingerprint density at radius 2 is 1.73 bits per heavy atom. The van der Waals surface area contributed by atoms with Gasteiger partial charge in [0.25, 0.3) is 5.91 Å². The molecule has 0 saturated carbocycles. The van der Waals surface area contributed by atoms with Gasteiger partial charge < -0.3 is 5.32 Å². The van der Waals surface area contributed by atoms with Crippen molar-refractivity contribution >= 4 is 51.0 Å². The second-order valence-electron chi connectivity index (χ2n) is 5.28. The fourth-order valence-electron chi connectivity index (χ4n) is 2.08. The van der Waals surface area contributed by atoms with E-state index in [0.717, 1.165) is 4.47 Å². The number of halogens is 2. The summed E-state index contributed by atoms with van der Waals surface area (Å²) in [6, 6.07) is 13.7. The maximum Gasteiger partial charge on any atom is 0.258 e. The molecule has 9 heteroatoms. The number of hydrogen-bond donors (Lipinski definition) is 2. The highest BCUT2D eigenvalue weighted by molar-refractivity contribution is 9.10. The summed E-state index contributed by atoms with van der Waals surface area (Å²) in [5, 5.41) is 9.93. The molecule has 0 spiro atoms. The minimum Gasteiger partial charge on any atom is -0.324 e. The number of aromatic nitrogens is 3. The smallest absolute Gasteiger partial charge is 0.258 e. The minimum absolute atomic E-state index is 0.0279. The number of carbonyl (C=O) groups excluding carboxylic acids is 2. The molecule has 3 aromatic rings. The molecule has 0 radical (unpaired) electrons. The molecular weight excluding hydrogens is 422 g/mol. The Bertz CT molecular complexity index is 925. The molecule has 0 unspecified atom stereocenters. The molecule has 0 aliphatic heterocycles. The molecule has 2 aromatic carbocycles. The van der Waals surface area contributed by atoms with Gasteiger partial charge in [0.05, 0.1) is 0 Å². The van der Waals surface area contributed by atoms with Crippen LogP contribution >= 0.6 is 27.5 Å². The summed E-state index contributed by atoms with van der Waals surface area (Å²) in [6.45, 7) is -0.0279. The van der Waals surface area contributed by atoms with Crippen LogP contribution in [0.2, 0.25) is 5.02 Å². The van der Waals surface area contributed by atoms with Gasteiger partial charge in [-0.05, 0) is 48.5 Å². The second kappa shape index (κ2) is 8.11. The predicted octanol–water partition coefficient (Wildman–Crippen LogP) is 3.59. The summed E-state index contributed by atoms with van der Waals surface area (Å²) in [7, 11) is 0. The molecule has 1 heterocycles. The van der Waals surface area contributed by atoms with E-state index < -0.39 is 0 Å². The molecule has 0 aliphatic rings. The summed E-state index contributed by atoms with van der Waals surface area (Å²) in [5.74, 6) is -0.507. The first-order valence-corrected chi connectivity index (χ1v) is 8.68. The normalized spacial score (nSPS) is 10.4. The zero-order chi connectivity index (χ0) is 18.5. The highest BCUT2D eigenvalue weighted by Crippen LogP contribution is 2.14. The van der Waals surface area contributed by atoms with Crippen molar-refractivity contribution in [3.05, 3.63) is 69.9 Å². The topological polar surface area (TPSA) is 88.9 Å². The van der Waals surface area contributed by atoms with Gasteiger partial charge in [0.15, 0.2) is 0 Å². The molecular formula is C17H13BrClN5O2. The third-order valence-electron chi connectivity index (χ3n) is 3.30. The van der Waals surface area contributed by atoms with Crippen molar-refractivity contribution < 1.29 is 9.59 Å². The van der Waals surface area contributed by atoms with Gasteiger partial charge in [-0.25, -0.2) is 9.67 Å². The molecule has 3 rings (SSSR count). The largest absolute Gasteiger partial charge is 0.324 e. The number of nitrogens with one attached hydrogen (secondary N) is 2. The summed E-state index contributed by atoms with van der Waals surface area (Å²) < 4.78 is 2.26. The molecule has 0 aliphatic carbocycles. The molecule has 7 nitrogen and oxygen atoms in total. The van der Waals surface area contributed by atoms with E-state index in [4.69, 9.17) is 11.6 Å². The van der Waals surface area contributed by atoms with E-state index in [1.807, 2.05) is 12.1 Å². The number of rotatable bonds is 5. The Morgan fingerprint density at radius 3 is 2.42 bits per heavy atom. The van der Waals surface area contributed by atoms with Crippen molar-refractivity contribution in [2.45, 2.75) is 6.54 Å². The van der Waals surface area contributed by atoms with Gasteiger partial charge in [0.2, 0.25) is 11.9 Å². The fraction of sp³-hybridized carbons (Fsp3) is 0.0588. The van der Waals surface area contributed by atoms with Crippen LogP contribution in [0.1, 0.15) is 10.4 Å². The third-order valence-corrected chi connectivity index (χ3v) is 4.08. The zero-order valence-electron chi connectivity index (χ0n) is 13.3. The summed E-state index contributed by atoms with van der Waals surface area (Å²) in [4.78, 5) is 28.1. The van der Waals surface area contributed by atoms with Gasteiger partial charge in [-0.1, -0.05) is 27.5 Å². The van der Waals surface area contributed by atoms with E-state index in [0.29, 0.717) is 16.3 Å². The van der Waals surface area contributed by atoms with Crippen LogP contribution < -0.4 is 10.6 Å². The van der Waals surface area contributed by atoms with Crippen molar-refractivity contribution in [1.82, 2.24) is 14.8 Å². The van der Waals surface area contributed by atoms with Crippen LogP contribution in [0.5, 0.6) is 0 Å². The molecule has 2 N–H and O–H groups in total. The molecule has 0 fully saturated rings. The lowest BCUT2D eigenvalue weighted by Gasteiger charge is -2.05. The highest BCUT2D eigenvalue weighted by atomic mass is 79.9. The van der Waals surface area contributed by atoms with Gasteiger partial charge in [-0.2, -0.15) is 0 Å². The molecule has 0 atom stereocenters. The molecule has 2 amide bonds. The standard InChI is InChI=1S/C17H13BrClN5O2/c18-12-3-7-14(8-4-12)21-15(25)9-24-10-20-17(23-24)22-16(26)11-1-5-13(19)6-2-11/h1-8,10H,9H2,(H,21,25)(H,22,23,26). The lowest BCUT2D eigenvalue weighted by Crippen LogP contribution is -2.19. The van der Waals surface area contributed by atoms with E-state index in [2.05, 4.69) is 36.6 Å². The third kappa shape index (κ3) is 4.90. The molecule has 0 saturated heterocycles. The lowest BCUT2D eigenvalue weighted by atomic mass is 10.2. The first-order valence-electron chi connectivity index (χ1n) is 7.51. The number of amides is 2. The first-order chi connectivity index (χ1) is 12.5. The zero-order valence-corrected chi connectivity index (χ0v) is 15.7. The number of carbonyl (C=O) groups is 2. The maximum absolute atomic E-state index is 12.1. The Morgan fingerprint density at radius 1 is 1.04 bits per heavy atom. The Kier molecular flexibility index (Phi) is 5.65. The summed E-state index contributed by atoms with van der Waals surface area (Å²) in [6.07, 6.45) is 1.37. The van der Waals surface area contributed by atoms with Gasteiger partial charge in [-0.3, -0.25) is 14.9 Å². The van der Waals surface area contributed by atoms with Crippen LogP contribution in [0.3, 0.4) is 0 Å².